The van der Waals surface area contributed by atoms with Gasteiger partial charge in [-0.15, -0.1) is 11.3 Å². The van der Waals surface area contributed by atoms with E-state index >= 15 is 0 Å². The molecule has 2 rings (SSSR count). The third-order valence-electron chi connectivity index (χ3n) is 3.88. The van der Waals surface area contributed by atoms with Gasteiger partial charge in [0, 0.05) is 37.0 Å². The summed E-state index contributed by atoms with van der Waals surface area (Å²) in [4.78, 5) is 27.0. The molecule has 2 N–H and O–H groups in total. The average Bonchev–Trinajstić information content (AvgIpc) is 3.05. The number of aryl methyl sites for hydroxylation is 1. The Morgan fingerprint density at radius 3 is 2.77 bits per heavy atom. The highest BCUT2D eigenvalue weighted by molar-refractivity contribution is 7.09. The Kier molecular flexibility index (Phi) is 6.71. The first kappa shape index (κ1) is 16.8. The summed E-state index contributed by atoms with van der Waals surface area (Å²) in [6.07, 6.45) is 4.02. The lowest BCUT2D eigenvalue weighted by Crippen LogP contribution is -2.49. The summed E-state index contributed by atoms with van der Waals surface area (Å²) in [5.41, 5.74) is 0. The SMILES string of the molecule is CCCNC(=O)NC1CCN(C(=O)CCc2cccs2)CC1. The standard InChI is InChI=1S/C16H25N3O2S/c1-2-9-17-16(21)18-13-7-10-19(11-8-13)15(20)6-5-14-4-3-12-22-14/h3-4,12-13H,2,5-11H2,1H3,(H2,17,18,21). The van der Waals surface area contributed by atoms with Crippen LogP contribution in [0, 0.1) is 0 Å². The molecule has 1 aliphatic heterocycles. The average molecular weight is 323 g/mol. The third kappa shape index (κ3) is 5.33. The zero-order valence-corrected chi connectivity index (χ0v) is 14.0. The lowest BCUT2D eigenvalue weighted by molar-refractivity contribution is -0.132. The van der Waals surface area contributed by atoms with Crippen LogP contribution in [0.25, 0.3) is 0 Å². The predicted molar refractivity (Wildman–Crippen MR) is 89.1 cm³/mol. The van der Waals surface area contributed by atoms with E-state index in [1.807, 2.05) is 23.3 Å². The molecule has 6 heteroatoms. The Bertz CT molecular complexity index is 468. The first-order valence-corrected chi connectivity index (χ1v) is 8.91. The van der Waals surface area contributed by atoms with Gasteiger partial charge in [0.05, 0.1) is 0 Å². The number of thiophene rings is 1. The second-order valence-electron chi connectivity index (χ2n) is 5.63. The van der Waals surface area contributed by atoms with Crippen molar-refractivity contribution < 1.29 is 9.59 Å². The molecule has 0 spiro atoms. The summed E-state index contributed by atoms with van der Waals surface area (Å²) >= 11 is 1.70. The summed E-state index contributed by atoms with van der Waals surface area (Å²) < 4.78 is 0. The van der Waals surface area contributed by atoms with Crippen LogP contribution in [0.15, 0.2) is 17.5 Å². The van der Waals surface area contributed by atoms with Gasteiger partial charge in [0.1, 0.15) is 0 Å². The largest absolute Gasteiger partial charge is 0.343 e. The molecule has 22 heavy (non-hydrogen) atoms. The molecule has 122 valence electrons. The molecule has 0 bridgehead atoms. The van der Waals surface area contributed by atoms with E-state index in [4.69, 9.17) is 0 Å². The number of carbonyl (C=O) groups is 2. The maximum atomic E-state index is 12.2. The lowest BCUT2D eigenvalue weighted by Gasteiger charge is -2.32. The van der Waals surface area contributed by atoms with E-state index < -0.39 is 0 Å². The summed E-state index contributed by atoms with van der Waals surface area (Å²) in [7, 11) is 0. The number of carbonyl (C=O) groups excluding carboxylic acids is 2. The van der Waals surface area contributed by atoms with Crippen molar-refractivity contribution in [3.63, 3.8) is 0 Å². The monoisotopic (exact) mass is 323 g/mol. The molecule has 2 heterocycles. The molecule has 1 aliphatic rings. The Hall–Kier alpha value is -1.56. The van der Waals surface area contributed by atoms with Gasteiger partial charge in [-0.05, 0) is 37.1 Å². The van der Waals surface area contributed by atoms with E-state index in [2.05, 4.69) is 16.7 Å². The molecule has 1 aromatic rings. The number of likely N-dealkylation sites (tertiary alicyclic amines) is 1. The number of urea groups is 1. The normalized spacial score (nSPS) is 15.6. The first-order chi connectivity index (χ1) is 10.7. The summed E-state index contributed by atoms with van der Waals surface area (Å²) in [5, 5.41) is 7.84. The summed E-state index contributed by atoms with van der Waals surface area (Å²) in [6, 6.07) is 4.18. The van der Waals surface area contributed by atoms with Crippen molar-refractivity contribution in [2.75, 3.05) is 19.6 Å². The second-order valence-corrected chi connectivity index (χ2v) is 6.67. The van der Waals surface area contributed by atoms with Gasteiger partial charge in [-0.3, -0.25) is 4.79 Å². The lowest BCUT2D eigenvalue weighted by atomic mass is 10.0. The number of hydrogen-bond acceptors (Lipinski definition) is 3. The number of nitrogens with one attached hydrogen (secondary N) is 2. The molecule has 3 amide bonds. The van der Waals surface area contributed by atoms with E-state index in [0.717, 1.165) is 38.8 Å². The summed E-state index contributed by atoms with van der Waals surface area (Å²) in [5.74, 6) is 0.224. The quantitative estimate of drug-likeness (QED) is 0.844. The summed E-state index contributed by atoms with van der Waals surface area (Å²) in [6.45, 7) is 4.20. The van der Waals surface area contributed by atoms with Crippen molar-refractivity contribution in [3.05, 3.63) is 22.4 Å². The van der Waals surface area contributed by atoms with Crippen LogP contribution in [-0.4, -0.2) is 42.5 Å². The van der Waals surface area contributed by atoms with E-state index in [1.165, 1.54) is 4.88 Å². The van der Waals surface area contributed by atoms with Crippen molar-refractivity contribution in [1.29, 1.82) is 0 Å². The van der Waals surface area contributed by atoms with Crippen molar-refractivity contribution >= 4 is 23.3 Å². The molecule has 0 aliphatic carbocycles. The minimum absolute atomic E-state index is 0.0932. The van der Waals surface area contributed by atoms with E-state index in [1.54, 1.807) is 11.3 Å². The fourth-order valence-electron chi connectivity index (χ4n) is 2.59. The van der Waals surface area contributed by atoms with E-state index in [9.17, 15) is 9.59 Å². The highest BCUT2D eigenvalue weighted by atomic mass is 32.1. The number of nitrogens with zero attached hydrogens (tertiary/aromatic N) is 1. The number of rotatable bonds is 6. The van der Waals surface area contributed by atoms with Crippen LogP contribution in [-0.2, 0) is 11.2 Å². The van der Waals surface area contributed by atoms with E-state index in [-0.39, 0.29) is 18.0 Å². The van der Waals surface area contributed by atoms with Gasteiger partial charge in [0.25, 0.3) is 0 Å². The Balaban J connectivity index is 1.65. The number of piperidine rings is 1. The molecule has 5 nitrogen and oxygen atoms in total. The van der Waals surface area contributed by atoms with Crippen LogP contribution in [0.3, 0.4) is 0 Å². The fraction of sp³-hybridized carbons (Fsp3) is 0.625. The molecular weight excluding hydrogens is 298 g/mol. The van der Waals surface area contributed by atoms with Gasteiger partial charge >= 0.3 is 6.03 Å². The zero-order chi connectivity index (χ0) is 15.8. The Morgan fingerprint density at radius 1 is 1.36 bits per heavy atom. The van der Waals surface area contributed by atoms with Gasteiger partial charge < -0.3 is 15.5 Å². The molecule has 0 aromatic carbocycles. The fourth-order valence-corrected chi connectivity index (χ4v) is 3.30. The number of amides is 3. The Morgan fingerprint density at radius 2 is 2.14 bits per heavy atom. The third-order valence-corrected chi connectivity index (χ3v) is 4.82. The minimum atomic E-state index is -0.0932. The maximum Gasteiger partial charge on any atom is 0.315 e. The minimum Gasteiger partial charge on any atom is -0.343 e. The van der Waals surface area contributed by atoms with Gasteiger partial charge in [-0.1, -0.05) is 13.0 Å². The molecule has 1 saturated heterocycles. The molecule has 0 atom stereocenters. The smallest absolute Gasteiger partial charge is 0.315 e. The van der Waals surface area contributed by atoms with Crippen LogP contribution in [0.5, 0.6) is 0 Å². The van der Waals surface area contributed by atoms with Crippen molar-refractivity contribution in [2.45, 2.75) is 45.1 Å². The maximum absolute atomic E-state index is 12.2. The second kappa shape index (κ2) is 8.78. The highest BCUT2D eigenvalue weighted by Crippen LogP contribution is 2.15. The van der Waals surface area contributed by atoms with Gasteiger partial charge in [-0.2, -0.15) is 0 Å². The predicted octanol–water partition coefficient (Wildman–Crippen LogP) is 2.38. The van der Waals surface area contributed by atoms with Crippen LogP contribution in [0.2, 0.25) is 0 Å². The zero-order valence-electron chi connectivity index (χ0n) is 13.1. The van der Waals surface area contributed by atoms with Crippen molar-refractivity contribution in [1.82, 2.24) is 15.5 Å². The van der Waals surface area contributed by atoms with Crippen LogP contribution >= 0.6 is 11.3 Å². The highest BCUT2D eigenvalue weighted by Gasteiger charge is 2.23. The van der Waals surface area contributed by atoms with Crippen molar-refractivity contribution in [2.24, 2.45) is 0 Å². The molecule has 1 aromatic heterocycles. The molecule has 0 unspecified atom stereocenters. The molecule has 0 saturated carbocycles. The van der Waals surface area contributed by atoms with Gasteiger partial charge in [0.2, 0.25) is 5.91 Å². The first-order valence-electron chi connectivity index (χ1n) is 8.03. The topological polar surface area (TPSA) is 61.4 Å². The molecular formula is C16H25N3O2S. The number of hydrogen-bond donors (Lipinski definition) is 2. The molecule has 0 radical (unpaired) electrons. The van der Waals surface area contributed by atoms with Gasteiger partial charge in [-0.25, -0.2) is 4.79 Å². The van der Waals surface area contributed by atoms with E-state index in [0.29, 0.717) is 13.0 Å². The molecule has 1 fully saturated rings. The Labute approximate surface area is 136 Å². The van der Waals surface area contributed by atoms with Gasteiger partial charge in [0.15, 0.2) is 0 Å². The van der Waals surface area contributed by atoms with Crippen LogP contribution < -0.4 is 10.6 Å². The van der Waals surface area contributed by atoms with Crippen LogP contribution in [0.1, 0.15) is 37.5 Å². The van der Waals surface area contributed by atoms with Crippen LogP contribution in [0.4, 0.5) is 4.79 Å². The van der Waals surface area contributed by atoms with Crippen molar-refractivity contribution in [3.8, 4) is 0 Å².